The van der Waals surface area contributed by atoms with Crippen LogP contribution in [0.15, 0.2) is 30.5 Å². The van der Waals surface area contributed by atoms with Crippen LogP contribution < -0.4 is 11.1 Å². The van der Waals surface area contributed by atoms with E-state index >= 15 is 0 Å². The van der Waals surface area contributed by atoms with Crippen LogP contribution in [0.5, 0.6) is 0 Å². The van der Waals surface area contributed by atoms with Gasteiger partial charge in [0.1, 0.15) is 6.07 Å². The van der Waals surface area contributed by atoms with Crippen LogP contribution >= 0.6 is 11.3 Å². The number of carbonyl (C=O) groups is 2. The molecule has 0 unspecified atom stereocenters. The molecule has 0 bridgehead atoms. The number of thiophene rings is 1. The topological polar surface area (TPSA) is 110 Å². The minimum Gasteiger partial charge on any atom is -0.464 e. The lowest BCUT2D eigenvalue weighted by Crippen LogP contribution is -2.15. The quantitative estimate of drug-likeness (QED) is 0.701. The number of benzene rings is 1. The summed E-state index contributed by atoms with van der Waals surface area (Å²) in [6.45, 7) is 0. The second-order valence-corrected chi connectivity index (χ2v) is 6.27. The summed E-state index contributed by atoms with van der Waals surface area (Å²) >= 11 is 1.37. The van der Waals surface area contributed by atoms with Crippen molar-refractivity contribution in [2.75, 3.05) is 19.9 Å². The number of nitrogens with two attached hydrogens (primary N) is 1. The zero-order valence-electron chi connectivity index (χ0n) is 13.5. The van der Waals surface area contributed by atoms with Gasteiger partial charge in [0.15, 0.2) is 5.69 Å². The molecule has 0 atom stereocenters. The SMILES string of the molecule is CNC(=O)c1cc2cc(-n3cc(C#N)c(N)c3C(=O)OC)ccc2s1. The summed E-state index contributed by atoms with van der Waals surface area (Å²) in [4.78, 5) is 24.4. The van der Waals surface area contributed by atoms with Crippen molar-refractivity contribution < 1.29 is 14.3 Å². The van der Waals surface area contributed by atoms with Crippen molar-refractivity contribution in [3.8, 4) is 11.8 Å². The number of aromatic nitrogens is 1. The Hall–Kier alpha value is -3.31. The second-order valence-electron chi connectivity index (χ2n) is 5.19. The normalized spacial score (nSPS) is 10.4. The molecule has 7 nitrogen and oxygen atoms in total. The lowest BCUT2D eigenvalue weighted by molar-refractivity contribution is 0.0593. The van der Waals surface area contributed by atoms with Gasteiger partial charge in [-0.05, 0) is 29.7 Å². The highest BCUT2D eigenvalue weighted by molar-refractivity contribution is 7.20. The van der Waals surface area contributed by atoms with E-state index in [0.717, 1.165) is 10.1 Å². The average Bonchev–Trinajstić information content (AvgIpc) is 3.20. The number of hydrogen-bond donors (Lipinski definition) is 2. The highest BCUT2D eigenvalue weighted by Crippen LogP contribution is 2.30. The molecule has 3 aromatic rings. The number of nitrogen functional groups attached to an aromatic ring is 1. The minimum atomic E-state index is -0.629. The van der Waals surface area contributed by atoms with Gasteiger partial charge in [-0.15, -0.1) is 11.3 Å². The van der Waals surface area contributed by atoms with Crippen molar-refractivity contribution in [2.45, 2.75) is 0 Å². The van der Waals surface area contributed by atoms with Crippen LogP contribution in [-0.4, -0.2) is 30.6 Å². The van der Waals surface area contributed by atoms with E-state index < -0.39 is 5.97 Å². The van der Waals surface area contributed by atoms with Gasteiger partial charge in [0, 0.05) is 23.6 Å². The Balaban J connectivity index is 2.18. The zero-order valence-corrected chi connectivity index (χ0v) is 14.3. The fourth-order valence-electron chi connectivity index (χ4n) is 2.53. The lowest BCUT2D eigenvalue weighted by Gasteiger charge is -2.08. The molecule has 25 heavy (non-hydrogen) atoms. The van der Waals surface area contributed by atoms with Gasteiger partial charge in [0.25, 0.3) is 5.91 Å². The number of ether oxygens (including phenoxy) is 1. The summed E-state index contributed by atoms with van der Waals surface area (Å²) in [5.41, 5.74) is 6.91. The third-order valence-electron chi connectivity index (χ3n) is 3.77. The van der Waals surface area contributed by atoms with E-state index in [9.17, 15) is 14.9 Å². The highest BCUT2D eigenvalue weighted by Gasteiger charge is 2.22. The number of rotatable bonds is 3. The van der Waals surface area contributed by atoms with Gasteiger partial charge in [0.05, 0.1) is 23.2 Å². The first-order chi connectivity index (χ1) is 12.0. The Morgan fingerprint density at radius 3 is 2.76 bits per heavy atom. The second kappa shape index (κ2) is 6.30. The molecule has 8 heteroatoms. The maximum Gasteiger partial charge on any atom is 0.357 e. The maximum absolute atomic E-state index is 12.1. The molecular formula is C17H14N4O3S. The Morgan fingerprint density at radius 2 is 2.12 bits per heavy atom. The van der Waals surface area contributed by atoms with Crippen LogP contribution in [0.3, 0.4) is 0 Å². The summed E-state index contributed by atoms with van der Waals surface area (Å²) in [6, 6.07) is 9.21. The number of nitriles is 1. The van der Waals surface area contributed by atoms with Crippen molar-refractivity contribution in [3.05, 3.63) is 46.6 Å². The monoisotopic (exact) mass is 354 g/mol. The van der Waals surface area contributed by atoms with Gasteiger partial charge >= 0.3 is 5.97 Å². The maximum atomic E-state index is 12.1. The van der Waals surface area contributed by atoms with E-state index in [-0.39, 0.29) is 22.9 Å². The van der Waals surface area contributed by atoms with E-state index in [1.54, 1.807) is 19.2 Å². The van der Waals surface area contributed by atoms with Crippen LogP contribution in [0.25, 0.3) is 15.8 Å². The Morgan fingerprint density at radius 1 is 1.36 bits per heavy atom. The van der Waals surface area contributed by atoms with Crippen LogP contribution in [0.1, 0.15) is 25.7 Å². The molecule has 0 radical (unpaired) electrons. The van der Waals surface area contributed by atoms with Gasteiger partial charge in [-0.1, -0.05) is 0 Å². The number of nitrogens with one attached hydrogen (secondary N) is 1. The summed E-state index contributed by atoms with van der Waals surface area (Å²) in [5, 5.41) is 12.6. The number of hydrogen-bond acceptors (Lipinski definition) is 6. The van der Waals surface area contributed by atoms with Crippen LogP contribution in [-0.2, 0) is 4.74 Å². The Labute approximate surface area is 147 Å². The molecule has 2 heterocycles. The van der Waals surface area contributed by atoms with Crippen molar-refractivity contribution in [2.24, 2.45) is 0 Å². The Kier molecular flexibility index (Phi) is 4.17. The van der Waals surface area contributed by atoms with Crippen molar-refractivity contribution >= 4 is 39.0 Å². The number of methoxy groups -OCH3 is 1. The number of nitrogens with zero attached hydrogens (tertiary/aromatic N) is 2. The van der Waals surface area contributed by atoms with Gasteiger partial charge in [-0.2, -0.15) is 5.26 Å². The van der Waals surface area contributed by atoms with Crippen molar-refractivity contribution in [1.29, 1.82) is 5.26 Å². The van der Waals surface area contributed by atoms with Crippen LogP contribution in [0, 0.1) is 11.3 Å². The Bertz CT molecular complexity index is 1040. The number of anilines is 1. The van der Waals surface area contributed by atoms with E-state index in [4.69, 9.17) is 10.5 Å². The predicted molar refractivity (Wildman–Crippen MR) is 95.0 cm³/mol. The molecule has 126 valence electrons. The van der Waals surface area contributed by atoms with E-state index in [1.165, 1.54) is 29.2 Å². The van der Waals surface area contributed by atoms with Crippen molar-refractivity contribution in [3.63, 3.8) is 0 Å². The first-order valence-electron chi connectivity index (χ1n) is 7.25. The molecule has 1 amide bonds. The molecule has 3 N–H and O–H groups in total. The van der Waals surface area contributed by atoms with E-state index in [2.05, 4.69) is 5.32 Å². The zero-order chi connectivity index (χ0) is 18.1. The standard InChI is InChI=1S/C17H14N4O3S/c1-20-16(22)13-6-9-5-11(3-4-12(9)25-13)21-8-10(7-18)14(19)15(21)17(23)24-2/h3-6,8H,19H2,1-2H3,(H,20,22). The highest BCUT2D eigenvalue weighted by atomic mass is 32.1. The first kappa shape index (κ1) is 16.5. The number of esters is 1. The number of amides is 1. The summed E-state index contributed by atoms with van der Waals surface area (Å²) < 4.78 is 7.23. The van der Waals surface area contributed by atoms with Gasteiger partial charge in [-0.3, -0.25) is 4.79 Å². The number of carbonyl (C=O) groups excluding carboxylic acids is 2. The molecule has 0 saturated heterocycles. The van der Waals surface area contributed by atoms with E-state index in [1.807, 2.05) is 18.2 Å². The van der Waals surface area contributed by atoms with Crippen molar-refractivity contribution in [1.82, 2.24) is 9.88 Å². The molecule has 0 aliphatic rings. The molecule has 2 aromatic heterocycles. The smallest absolute Gasteiger partial charge is 0.357 e. The fourth-order valence-corrected chi connectivity index (χ4v) is 3.52. The molecule has 0 aliphatic heterocycles. The van der Waals surface area contributed by atoms with Gasteiger partial charge in [-0.25, -0.2) is 4.79 Å². The number of fused-ring (bicyclic) bond motifs is 1. The molecule has 0 aliphatic carbocycles. The summed E-state index contributed by atoms with van der Waals surface area (Å²) in [5.74, 6) is -0.787. The molecular weight excluding hydrogens is 340 g/mol. The molecule has 0 spiro atoms. The third-order valence-corrected chi connectivity index (χ3v) is 4.89. The van der Waals surface area contributed by atoms with Gasteiger partial charge < -0.3 is 20.4 Å². The minimum absolute atomic E-state index is 0.0748. The summed E-state index contributed by atoms with van der Waals surface area (Å²) in [7, 11) is 2.83. The summed E-state index contributed by atoms with van der Waals surface area (Å²) in [6.07, 6.45) is 1.49. The molecule has 3 rings (SSSR count). The van der Waals surface area contributed by atoms with Gasteiger partial charge in [0.2, 0.25) is 0 Å². The van der Waals surface area contributed by atoms with Crippen LogP contribution in [0.2, 0.25) is 0 Å². The third kappa shape index (κ3) is 2.70. The fraction of sp³-hybridized carbons (Fsp3) is 0.118. The molecule has 0 fully saturated rings. The van der Waals surface area contributed by atoms with Crippen LogP contribution in [0.4, 0.5) is 5.69 Å². The first-order valence-corrected chi connectivity index (χ1v) is 8.07. The largest absolute Gasteiger partial charge is 0.464 e. The lowest BCUT2D eigenvalue weighted by atomic mass is 10.2. The van der Waals surface area contributed by atoms with E-state index in [0.29, 0.717) is 10.6 Å². The molecule has 0 saturated carbocycles. The average molecular weight is 354 g/mol. The predicted octanol–water partition coefficient (Wildman–Crippen LogP) is 2.29. The molecule has 1 aromatic carbocycles.